The van der Waals surface area contributed by atoms with Crippen LogP contribution in [0.5, 0.6) is 0 Å². The fourth-order valence-corrected chi connectivity index (χ4v) is 2.99. The number of esters is 1. The molecule has 1 aromatic rings. The van der Waals surface area contributed by atoms with Gasteiger partial charge in [0.1, 0.15) is 0 Å². The summed E-state index contributed by atoms with van der Waals surface area (Å²) in [6.07, 6.45) is 5.32. The number of ketones is 1. The Bertz CT molecular complexity index is 679. The van der Waals surface area contributed by atoms with E-state index >= 15 is 0 Å². The maximum atomic E-state index is 12.3. The third kappa shape index (κ3) is 5.97. The normalized spacial score (nSPS) is 13.7. The Labute approximate surface area is 155 Å². The van der Waals surface area contributed by atoms with E-state index in [1.54, 1.807) is 0 Å². The van der Waals surface area contributed by atoms with Crippen LogP contribution < -0.4 is 5.32 Å². The minimum Gasteiger partial charge on any atom is -0.456 e. The minimum atomic E-state index is -0.527. The number of hydrogen-bond donors (Lipinski definition) is 1. The third-order valence-electron chi connectivity index (χ3n) is 4.95. The highest BCUT2D eigenvalue weighted by atomic mass is 16.5. The van der Waals surface area contributed by atoms with Crippen LogP contribution in [0.2, 0.25) is 0 Å². The number of fused-ring (bicyclic) bond motifs is 1. The number of hydrogen-bond acceptors (Lipinski definition) is 4. The molecule has 1 aliphatic rings. The van der Waals surface area contributed by atoms with E-state index in [4.69, 9.17) is 4.74 Å². The second kappa shape index (κ2) is 8.97. The van der Waals surface area contributed by atoms with Gasteiger partial charge in [-0.05, 0) is 63.1 Å². The van der Waals surface area contributed by atoms with Crippen LogP contribution in [-0.4, -0.2) is 29.8 Å². The summed E-state index contributed by atoms with van der Waals surface area (Å²) in [5.74, 6) is -0.918. The van der Waals surface area contributed by atoms with Crippen molar-refractivity contribution in [1.29, 1.82) is 0 Å². The second-order valence-corrected chi connectivity index (χ2v) is 7.56. The molecule has 5 heteroatoms. The van der Waals surface area contributed by atoms with Gasteiger partial charge in [0.15, 0.2) is 12.4 Å². The van der Waals surface area contributed by atoms with E-state index < -0.39 is 5.97 Å². The number of Topliss-reactive ketones (excluding diaryl/α,β-unsaturated/α-hetero) is 1. The summed E-state index contributed by atoms with van der Waals surface area (Å²) in [5.41, 5.74) is 2.90. The van der Waals surface area contributed by atoms with Crippen molar-refractivity contribution in [2.24, 2.45) is 0 Å². The lowest BCUT2D eigenvalue weighted by molar-refractivity contribution is -0.148. The molecule has 0 heterocycles. The fraction of sp³-hybridized carbons (Fsp3) is 0.571. The van der Waals surface area contributed by atoms with Crippen molar-refractivity contribution in [3.63, 3.8) is 0 Å². The molecule has 142 valence electrons. The van der Waals surface area contributed by atoms with Crippen LogP contribution in [0.3, 0.4) is 0 Å². The molecule has 0 saturated carbocycles. The molecule has 0 atom stereocenters. The van der Waals surface area contributed by atoms with Gasteiger partial charge in [-0.15, -0.1) is 0 Å². The van der Waals surface area contributed by atoms with Crippen molar-refractivity contribution in [3.05, 3.63) is 34.9 Å². The van der Waals surface area contributed by atoms with Crippen LogP contribution >= 0.6 is 0 Å². The first-order valence-electron chi connectivity index (χ1n) is 9.42. The molecule has 2 rings (SSSR count). The first-order valence-corrected chi connectivity index (χ1v) is 9.42. The van der Waals surface area contributed by atoms with Crippen molar-refractivity contribution in [3.8, 4) is 0 Å². The number of nitrogens with one attached hydrogen (secondary N) is 1. The monoisotopic (exact) mass is 359 g/mol. The molecule has 0 aromatic heterocycles. The molecule has 1 N–H and O–H groups in total. The standard InChI is InChI=1S/C21H29NO4/c1-4-21(2,3)22-19(24)14-26-20(25)12-11-18(23)17-10-9-15-7-5-6-8-16(15)13-17/h9-10,13H,4-8,11-12,14H2,1-3H3,(H,22,24). The quantitative estimate of drug-likeness (QED) is 0.570. The Morgan fingerprint density at radius 1 is 1.08 bits per heavy atom. The van der Waals surface area contributed by atoms with E-state index in [9.17, 15) is 14.4 Å². The van der Waals surface area contributed by atoms with Gasteiger partial charge < -0.3 is 10.1 Å². The zero-order valence-electron chi connectivity index (χ0n) is 16.0. The van der Waals surface area contributed by atoms with Gasteiger partial charge in [0.25, 0.3) is 5.91 Å². The predicted molar refractivity (Wildman–Crippen MR) is 100 cm³/mol. The molecule has 1 amide bonds. The van der Waals surface area contributed by atoms with Gasteiger partial charge in [-0.1, -0.05) is 19.1 Å². The van der Waals surface area contributed by atoms with E-state index in [2.05, 4.69) is 5.32 Å². The average Bonchev–Trinajstić information content (AvgIpc) is 2.63. The number of ether oxygens (including phenoxy) is 1. The van der Waals surface area contributed by atoms with Gasteiger partial charge in [-0.25, -0.2) is 0 Å². The molecule has 5 nitrogen and oxygen atoms in total. The molecule has 0 aliphatic heterocycles. The molecular weight excluding hydrogens is 330 g/mol. The Hall–Kier alpha value is -2.17. The highest BCUT2D eigenvalue weighted by Crippen LogP contribution is 2.23. The summed E-state index contributed by atoms with van der Waals surface area (Å²) in [5, 5.41) is 2.80. The Kier molecular flexibility index (Phi) is 6.95. The number of aryl methyl sites for hydroxylation is 2. The molecule has 26 heavy (non-hydrogen) atoms. The lowest BCUT2D eigenvalue weighted by Crippen LogP contribution is -2.44. The smallest absolute Gasteiger partial charge is 0.306 e. The van der Waals surface area contributed by atoms with Crippen LogP contribution in [0.15, 0.2) is 18.2 Å². The molecule has 0 fully saturated rings. The Morgan fingerprint density at radius 3 is 2.46 bits per heavy atom. The number of benzene rings is 1. The number of carbonyl (C=O) groups is 3. The Balaban J connectivity index is 1.76. The fourth-order valence-electron chi connectivity index (χ4n) is 2.99. The SMILES string of the molecule is CCC(C)(C)NC(=O)COC(=O)CCC(=O)c1ccc2c(c1)CCCC2. The molecule has 0 saturated heterocycles. The summed E-state index contributed by atoms with van der Waals surface area (Å²) in [6.45, 7) is 5.47. The van der Waals surface area contributed by atoms with Gasteiger partial charge in [-0.2, -0.15) is 0 Å². The van der Waals surface area contributed by atoms with Gasteiger partial charge in [0, 0.05) is 17.5 Å². The van der Waals surface area contributed by atoms with Crippen molar-refractivity contribution in [2.45, 2.75) is 71.3 Å². The van der Waals surface area contributed by atoms with Crippen LogP contribution in [0.4, 0.5) is 0 Å². The third-order valence-corrected chi connectivity index (χ3v) is 4.95. The molecule has 0 unspecified atom stereocenters. The summed E-state index contributed by atoms with van der Waals surface area (Å²) in [7, 11) is 0. The van der Waals surface area contributed by atoms with Crippen molar-refractivity contribution < 1.29 is 19.1 Å². The molecule has 0 spiro atoms. The average molecular weight is 359 g/mol. The minimum absolute atomic E-state index is 0.0135. The highest BCUT2D eigenvalue weighted by Gasteiger charge is 2.19. The number of carbonyl (C=O) groups excluding carboxylic acids is 3. The van der Waals surface area contributed by atoms with Crippen molar-refractivity contribution in [2.75, 3.05) is 6.61 Å². The van der Waals surface area contributed by atoms with Crippen LogP contribution in [0.25, 0.3) is 0 Å². The first-order chi connectivity index (χ1) is 12.3. The molecular formula is C21H29NO4. The lowest BCUT2D eigenvalue weighted by Gasteiger charge is -2.24. The summed E-state index contributed by atoms with van der Waals surface area (Å²) >= 11 is 0. The van der Waals surface area contributed by atoms with E-state index in [-0.39, 0.29) is 36.7 Å². The summed E-state index contributed by atoms with van der Waals surface area (Å²) < 4.78 is 4.97. The molecule has 0 radical (unpaired) electrons. The van der Waals surface area contributed by atoms with Crippen LogP contribution in [0, 0.1) is 0 Å². The maximum absolute atomic E-state index is 12.3. The van der Waals surface area contributed by atoms with Crippen molar-refractivity contribution in [1.82, 2.24) is 5.32 Å². The number of rotatable bonds is 8. The highest BCUT2D eigenvalue weighted by molar-refractivity contribution is 5.97. The largest absolute Gasteiger partial charge is 0.456 e. The van der Waals surface area contributed by atoms with Gasteiger partial charge in [0.2, 0.25) is 0 Å². The van der Waals surface area contributed by atoms with Gasteiger partial charge >= 0.3 is 5.97 Å². The summed E-state index contributed by atoms with van der Waals surface area (Å²) in [4.78, 5) is 35.9. The first kappa shape index (κ1) is 20.1. The number of amides is 1. The van der Waals surface area contributed by atoms with E-state index in [0.29, 0.717) is 5.56 Å². The molecule has 1 aliphatic carbocycles. The van der Waals surface area contributed by atoms with Gasteiger partial charge in [0.05, 0.1) is 6.42 Å². The van der Waals surface area contributed by atoms with E-state index in [1.165, 1.54) is 17.5 Å². The van der Waals surface area contributed by atoms with Crippen molar-refractivity contribution >= 4 is 17.7 Å². The topological polar surface area (TPSA) is 72.5 Å². The van der Waals surface area contributed by atoms with E-state index in [0.717, 1.165) is 25.7 Å². The van der Waals surface area contributed by atoms with Gasteiger partial charge in [-0.3, -0.25) is 14.4 Å². The second-order valence-electron chi connectivity index (χ2n) is 7.56. The zero-order valence-corrected chi connectivity index (χ0v) is 16.0. The predicted octanol–water partition coefficient (Wildman–Crippen LogP) is 3.38. The Morgan fingerprint density at radius 2 is 1.77 bits per heavy atom. The van der Waals surface area contributed by atoms with Crippen LogP contribution in [-0.2, 0) is 27.2 Å². The molecule has 0 bridgehead atoms. The van der Waals surface area contributed by atoms with Crippen LogP contribution in [0.1, 0.15) is 74.4 Å². The zero-order chi connectivity index (χ0) is 19.2. The van der Waals surface area contributed by atoms with E-state index in [1.807, 2.05) is 39.0 Å². The maximum Gasteiger partial charge on any atom is 0.306 e. The molecule has 1 aromatic carbocycles. The lowest BCUT2D eigenvalue weighted by atomic mass is 9.89. The summed E-state index contributed by atoms with van der Waals surface area (Å²) in [6, 6.07) is 5.83.